The molecule has 0 saturated carbocycles. The molecule has 98 valence electrons. The number of hydrogen-bond acceptors (Lipinski definition) is 2. The van der Waals surface area contributed by atoms with Crippen LogP contribution < -0.4 is 5.32 Å². The summed E-state index contributed by atoms with van der Waals surface area (Å²) in [6.07, 6.45) is 7.31. The van der Waals surface area contributed by atoms with Crippen LogP contribution >= 0.6 is 0 Å². The third kappa shape index (κ3) is 4.75. The van der Waals surface area contributed by atoms with Gasteiger partial charge in [0.15, 0.2) is 0 Å². The number of carbonyl (C=O) groups is 2. The van der Waals surface area contributed by atoms with Crippen LogP contribution in [0.2, 0.25) is 0 Å². The largest absolute Gasteiger partial charge is 0.324 e. The molecule has 0 aromatic carbocycles. The molecule has 17 heavy (non-hydrogen) atoms. The van der Waals surface area contributed by atoms with Gasteiger partial charge in [0.1, 0.15) is 0 Å². The highest BCUT2D eigenvalue weighted by atomic mass is 16.2. The van der Waals surface area contributed by atoms with Gasteiger partial charge < -0.3 is 4.90 Å². The number of rotatable bonds is 7. The number of carbonyl (C=O) groups excluding carboxylic acids is 2. The summed E-state index contributed by atoms with van der Waals surface area (Å²) >= 11 is 0. The fraction of sp³-hybridized carbons (Fsp3) is 0.846. The molecule has 1 saturated heterocycles. The van der Waals surface area contributed by atoms with Gasteiger partial charge in [-0.2, -0.15) is 0 Å². The molecule has 1 fully saturated rings. The Labute approximate surface area is 104 Å². The molecule has 1 unspecified atom stereocenters. The van der Waals surface area contributed by atoms with E-state index >= 15 is 0 Å². The van der Waals surface area contributed by atoms with E-state index in [1.807, 2.05) is 6.92 Å². The van der Waals surface area contributed by atoms with Crippen LogP contribution in [0, 0.1) is 5.92 Å². The quantitative estimate of drug-likeness (QED) is 0.695. The smallest absolute Gasteiger partial charge is 0.324 e. The van der Waals surface area contributed by atoms with Crippen molar-refractivity contribution in [1.82, 2.24) is 10.2 Å². The molecule has 1 aliphatic heterocycles. The molecule has 1 N–H and O–H groups in total. The van der Waals surface area contributed by atoms with Crippen LogP contribution in [0.5, 0.6) is 0 Å². The maximum atomic E-state index is 11.5. The maximum absolute atomic E-state index is 11.5. The Kier molecular flexibility index (Phi) is 6.01. The summed E-state index contributed by atoms with van der Waals surface area (Å²) in [6, 6.07) is -0.221. The SMILES string of the molecule is CCCCCCCCN1CC(C)C(=O)NC1=O. The van der Waals surface area contributed by atoms with Crippen LogP contribution in [-0.4, -0.2) is 29.9 Å². The van der Waals surface area contributed by atoms with Gasteiger partial charge in [0.05, 0.1) is 5.92 Å². The first-order valence-electron chi connectivity index (χ1n) is 6.75. The van der Waals surface area contributed by atoms with Crippen molar-refractivity contribution in [3.8, 4) is 0 Å². The van der Waals surface area contributed by atoms with Gasteiger partial charge >= 0.3 is 6.03 Å². The molecule has 1 atom stereocenters. The summed E-state index contributed by atoms with van der Waals surface area (Å²) in [6.45, 7) is 5.40. The van der Waals surface area contributed by atoms with E-state index in [9.17, 15) is 9.59 Å². The predicted octanol–water partition coefficient (Wildman–Crippen LogP) is 2.53. The highest BCUT2D eigenvalue weighted by Crippen LogP contribution is 2.10. The summed E-state index contributed by atoms with van der Waals surface area (Å²) in [5.41, 5.74) is 0. The minimum atomic E-state index is -0.221. The number of amides is 3. The topological polar surface area (TPSA) is 49.4 Å². The first kappa shape index (κ1) is 14.0. The van der Waals surface area contributed by atoms with Gasteiger partial charge in [-0.05, 0) is 6.42 Å². The molecule has 4 nitrogen and oxygen atoms in total. The van der Waals surface area contributed by atoms with Gasteiger partial charge in [-0.25, -0.2) is 4.79 Å². The molecule has 0 radical (unpaired) electrons. The summed E-state index contributed by atoms with van der Waals surface area (Å²) < 4.78 is 0. The van der Waals surface area contributed by atoms with E-state index in [1.165, 1.54) is 32.1 Å². The number of unbranched alkanes of at least 4 members (excludes halogenated alkanes) is 5. The fourth-order valence-electron chi connectivity index (χ4n) is 2.08. The highest BCUT2D eigenvalue weighted by molar-refractivity contribution is 5.97. The van der Waals surface area contributed by atoms with Crippen molar-refractivity contribution < 1.29 is 9.59 Å². The van der Waals surface area contributed by atoms with Crippen molar-refractivity contribution >= 4 is 11.9 Å². The first-order valence-corrected chi connectivity index (χ1v) is 6.75. The molecule has 0 aromatic rings. The molecule has 0 spiro atoms. The van der Waals surface area contributed by atoms with E-state index in [-0.39, 0.29) is 17.9 Å². The Bertz CT molecular complexity index is 266. The second-order valence-corrected chi connectivity index (χ2v) is 4.91. The molecular weight excluding hydrogens is 216 g/mol. The summed E-state index contributed by atoms with van der Waals surface area (Å²) in [4.78, 5) is 24.5. The third-order valence-electron chi connectivity index (χ3n) is 3.24. The van der Waals surface area contributed by atoms with Gasteiger partial charge in [-0.15, -0.1) is 0 Å². The Morgan fingerprint density at radius 2 is 1.82 bits per heavy atom. The minimum Gasteiger partial charge on any atom is -0.324 e. The highest BCUT2D eigenvalue weighted by Gasteiger charge is 2.28. The summed E-state index contributed by atoms with van der Waals surface area (Å²) in [5, 5.41) is 2.39. The van der Waals surface area contributed by atoms with Crippen LogP contribution in [0.3, 0.4) is 0 Å². The molecule has 4 heteroatoms. The number of urea groups is 1. The van der Waals surface area contributed by atoms with E-state index < -0.39 is 0 Å². The van der Waals surface area contributed by atoms with Crippen molar-refractivity contribution in [2.75, 3.05) is 13.1 Å². The van der Waals surface area contributed by atoms with Crippen LogP contribution in [0.25, 0.3) is 0 Å². The van der Waals surface area contributed by atoms with Crippen molar-refractivity contribution in [2.45, 2.75) is 52.4 Å². The average molecular weight is 240 g/mol. The van der Waals surface area contributed by atoms with E-state index in [0.29, 0.717) is 6.54 Å². The number of nitrogens with one attached hydrogen (secondary N) is 1. The average Bonchev–Trinajstić information content (AvgIpc) is 2.30. The van der Waals surface area contributed by atoms with Gasteiger partial charge in [0.25, 0.3) is 0 Å². The molecule has 0 aliphatic carbocycles. The molecule has 1 rings (SSSR count). The van der Waals surface area contributed by atoms with Gasteiger partial charge in [-0.3, -0.25) is 10.1 Å². The van der Waals surface area contributed by atoms with Gasteiger partial charge in [0, 0.05) is 13.1 Å². The maximum Gasteiger partial charge on any atom is 0.324 e. The zero-order valence-electron chi connectivity index (χ0n) is 11.0. The van der Waals surface area contributed by atoms with Crippen molar-refractivity contribution in [1.29, 1.82) is 0 Å². The number of nitrogens with zero attached hydrogens (tertiary/aromatic N) is 1. The molecular formula is C13H24N2O2. The lowest BCUT2D eigenvalue weighted by atomic mass is 10.1. The number of imide groups is 1. The van der Waals surface area contributed by atoms with Crippen molar-refractivity contribution in [3.63, 3.8) is 0 Å². The normalized spacial score (nSPS) is 20.6. The van der Waals surface area contributed by atoms with Crippen LogP contribution in [0.4, 0.5) is 4.79 Å². The summed E-state index contributed by atoms with van der Waals surface area (Å²) in [5.74, 6) is -0.220. The third-order valence-corrected chi connectivity index (χ3v) is 3.24. The van der Waals surface area contributed by atoms with Crippen LogP contribution in [-0.2, 0) is 4.79 Å². The molecule has 0 bridgehead atoms. The van der Waals surface area contributed by atoms with E-state index in [4.69, 9.17) is 0 Å². The molecule has 1 aliphatic rings. The van der Waals surface area contributed by atoms with E-state index in [1.54, 1.807) is 4.90 Å². The lowest BCUT2D eigenvalue weighted by Gasteiger charge is -2.30. The monoisotopic (exact) mass is 240 g/mol. The van der Waals surface area contributed by atoms with Crippen LogP contribution in [0.15, 0.2) is 0 Å². The summed E-state index contributed by atoms with van der Waals surface area (Å²) in [7, 11) is 0. The lowest BCUT2D eigenvalue weighted by Crippen LogP contribution is -2.53. The zero-order chi connectivity index (χ0) is 12.7. The van der Waals surface area contributed by atoms with Crippen LogP contribution in [0.1, 0.15) is 52.4 Å². The number of hydrogen-bond donors (Lipinski definition) is 1. The minimum absolute atomic E-state index is 0.0761. The van der Waals surface area contributed by atoms with Gasteiger partial charge in [0.2, 0.25) is 5.91 Å². The van der Waals surface area contributed by atoms with Gasteiger partial charge in [-0.1, -0.05) is 46.0 Å². The zero-order valence-corrected chi connectivity index (χ0v) is 11.0. The van der Waals surface area contributed by atoms with Crippen molar-refractivity contribution in [3.05, 3.63) is 0 Å². The van der Waals surface area contributed by atoms with E-state index in [0.717, 1.165) is 13.0 Å². The second kappa shape index (κ2) is 7.30. The standard InChI is InChI=1S/C13H24N2O2/c1-3-4-5-6-7-8-9-15-10-11(2)12(16)14-13(15)17/h11H,3-10H2,1-2H3,(H,14,16,17). The van der Waals surface area contributed by atoms with Crippen molar-refractivity contribution in [2.24, 2.45) is 5.92 Å². The molecule has 1 heterocycles. The second-order valence-electron chi connectivity index (χ2n) is 4.91. The Morgan fingerprint density at radius 3 is 2.53 bits per heavy atom. The molecule has 3 amide bonds. The first-order chi connectivity index (χ1) is 8.15. The Morgan fingerprint density at radius 1 is 1.18 bits per heavy atom. The fourth-order valence-corrected chi connectivity index (χ4v) is 2.08. The predicted molar refractivity (Wildman–Crippen MR) is 67.7 cm³/mol. The molecule has 0 aromatic heterocycles. The van der Waals surface area contributed by atoms with E-state index in [2.05, 4.69) is 12.2 Å². The Hall–Kier alpha value is -1.06. The Balaban J connectivity index is 2.14. The lowest BCUT2D eigenvalue weighted by molar-refractivity contribution is -0.125.